The molecule has 0 aliphatic heterocycles. The standard InChI is InChI=1S/C20H19NOS/c1-23-19-12-5-4-11-18(19)21-20(22)14-13-16-9-6-8-15-7-2-3-10-17(15)16/h2-12H,13-14H2,1H3,(H,21,22). The van der Waals surface area contributed by atoms with E-state index in [0.29, 0.717) is 6.42 Å². The van der Waals surface area contributed by atoms with Gasteiger partial charge in [-0.1, -0.05) is 54.6 Å². The normalized spacial score (nSPS) is 10.7. The van der Waals surface area contributed by atoms with Crippen LogP contribution in [0.2, 0.25) is 0 Å². The summed E-state index contributed by atoms with van der Waals surface area (Å²) in [6.07, 6.45) is 3.24. The molecule has 1 N–H and O–H groups in total. The Hall–Kier alpha value is -2.26. The van der Waals surface area contributed by atoms with E-state index in [1.54, 1.807) is 11.8 Å². The van der Waals surface area contributed by atoms with Crippen LogP contribution in [-0.2, 0) is 11.2 Å². The van der Waals surface area contributed by atoms with Gasteiger partial charge in [0.2, 0.25) is 5.91 Å². The number of amides is 1. The zero-order valence-corrected chi connectivity index (χ0v) is 13.9. The number of rotatable bonds is 5. The van der Waals surface area contributed by atoms with E-state index in [0.717, 1.165) is 17.0 Å². The van der Waals surface area contributed by atoms with E-state index in [4.69, 9.17) is 0 Å². The fraction of sp³-hybridized carbons (Fsp3) is 0.150. The van der Waals surface area contributed by atoms with Crippen LogP contribution in [0.3, 0.4) is 0 Å². The van der Waals surface area contributed by atoms with Crippen molar-refractivity contribution < 1.29 is 4.79 Å². The van der Waals surface area contributed by atoms with Crippen molar-refractivity contribution in [3.8, 4) is 0 Å². The number of benzene rings is 3. The predicted octanol–water partition coefficient (Wildman–Crippen LogP) is 5.13. The summed E-state index contributed by atoms with van der Waals surface area (Å²) in [6.45, 7) is 0. The third-order valence-electron chi connectivity index (χ3n) is 3.88. The molecule has 0 spiro atoms. The molecule has 3 rings (SSSR count). The Kier molecular flexibility index (Phi) is 4.99. The minimum atomic E-state index is 0.0550. The molecule has 23 heavy (non-hydrogen) atoms. The molecule has 116 valence electrons. The lowest BCUT2D eigenvalue weighted by molar-refractivity contribution is -0.116. The Morgan fingerprint density at radius 2 is 1.70 bits per heavy atom. The van der Waals surface area contributed by atoms with Gasteiger partial charge in [0.25, 0.3) is 0 Å². The maximum Gasteiger partial charge on any atom is 0.224 e. The molecule has 0 saturated heterocycles. The van der Waals surface area contributed by atoms with Crippen molar-refractivity contribution in [1.82, 2.24) is 0 Å². The molecule has 3 aromatic carbocycles. The summed E-state index contributed by atoms with van der Waals surface area (Å²) in [5, 5.41) is 5.47. The number of hydrogen-bond acceptors (Lipinski definition) is 2. The Balaban J connectivity index is 1.69. The molecule has 0 bridgehead atoms. The Morgan fingerprint density at radius 3 is 2.57 bits per heavy atom. The fourth-order valence-corrected chi connectivity index (χ4v) is 3.27. The molecule has 2 nitrogen and oxygen atoms in total. The second-order valence-corrected chi connectivity index (χ2v) is 6.23. The smallest absolute Gasteiger partial charge is 0.224 e. The first-order valence-electron chi connectivity index (χ1n) is 7.67. The number of para-hydroxylation sites is 1. The second kappa shape index (κ2) is 7.34. The number of hydrogen-bond donors (Lipinski definition) is 1. The summed E-state index contributed by atoms with van der Waals surface area (Å²) in [7, 11) is 0. The summed E-state index contributed by atoms with van der Waals surface area (Å²) in [4.78, 5) is 13.4. The third kappa shape index (κ3) is 3.74. The van der Waals surface area contributed by atoms with E-state index < -0.39 is 0 Å². The molecule has 0 fully saturated rings. The summed E-state index contributed by atoms with van der Waals surface area (Å²) in [5.74, 6) is 0.0550. The average Bonchev–Trinajstić information content (AvgIpc) is 2.60. The van der Waals surface area contributed by atoms with E-state index in [9.17, 15) is 4.79 Å². The van der Waals surface area contributed by atoms with Gasteiger partial charge < -0.3 is 5.32 Å². The average molecular weight is 321 g/mol. The molecule has 0 saturated carbocycles. The van der Waals surface area contributed by atoms with Crippen molar-refractivity contribution in [2.24, 2.45) is 0 Å². The largest absolute Gasteiger partial charge is 0.325 e. The third-order valence-corrected chi connectivity index (χ3v) is 4.68. The fourth-order valence-electron chi connectivity index (χ4n) is 2.72. The van der Waals surface area contributed by atoms with Crippen LogP contribution in [-0.4, -0.2) is 12.2 Å². The minimum absolute atomic E-state index is 0.0550. The first-order chi connectivity index (χ1) is 11.3. The lowest BCUT2D eigenvalue weighted by Crippen LogP contribution is -2.13. The first-order valence-corrected chi connectivity index (χ1v) is 8.90. The van der Waals surface area contributed by atoms with Gasteiger partial charge in [0, 0.05) is 11.3 Å². The van der Waals surface area contributed by atoms with Gasteiger partial charge in [-0.15, -0.1) is 11.8 Å². The summed E-state index contributed by atoms with van der Waals surface area (Å²) in [5.41, 5.74) is 2.11. The van der Waals surface area contributed by atoms with Gasteiger partial charge in [0.05, 0.1) is 5.69 Å². The highest BCUT2D eigenvalue weighted by molar-refractivity contribution is 7.98. The number of carbonyl (C=O) groups is 1. The lowest BCUT2D eigenvalue weighted by atomic mass is 10.0. The number of thioether (sulfide) groups is 1. The molecule has 0 radical (unpaired) electrons. The molecule has 0 aromatic heterocycles. The van der Waals surface area contributed by atoms with Crippen LogP contribution >= 0.6 is 11.8 Å². The van der Waals surface area contributed by atoms with Gasteiger partial charge in [0.15, 0.2) is 0 Å². The molecular weight excluding hydrogens is 302 g/mol. The zero-order chi connectivity index (χ0) is 16.1. The summed E-state index contributed by atoms with van der Waals surface area (Å²) >= 11 is 1.64. The predicted molar refractivity (Wildman–Crippen MR) is 99.1 cm³/mol. The summed E-state index contributed by atoms with van der Waals surface area (Å²) in [6, 6.07) is 22.5. The maximum absolute atomic E-state index is 12.3. The number of aryl methyl sites for hydroxylation is 1. The number of anilines is 1. The molecular formula is C20H19NOS. The molecule has 3 aromatic rings. The molecule has 0 atom stereocenters. The Morgan fingerprint density at radius 1 is 0.957 bits per heavy atom. The first kappa shape index (κ1) is 15.6. The Bertz CT molecular complexity index is 823. The van der Waals surface area contributed by atoms with Gasteiger partial charge in [-0.3, -0.25) is 4.79 Å². The molecule has 0 heterocycles. The van der Waals surface area contributed by atoms with Crippen molar-refractivity contribution in [2.75, 3.05) is 11.6 Å². The maximum atomic E-state index is 12.3. The van der Waals surface area contributed by atoms with Crippen molar-refractivity contribution in [1.29, 1.82) is 0 Å². The van der Waals surface area contributed by atoms with Crippen LogP contribution < -0.4 is 5.32 Å². The minimum Gasteiger partial charge on any atom is -0.325 e. The zero-order valence-electron chi connectivity index (χ0n) is 13.1. The monoisotopic (exact) mass is 321 g/mol. The molecule has 0 aliphatic carbocycles. The van der Waals surface area contributed by atoms with Crippen LogP contribution in [0.25, 0.3) is 10.8 Å². The van der Waals surface area contributed by atoms with E-state index in [1.165, 1.54) is 16.3 Å². The van der Waals surface area contributed by atoms with Gasteiger partial charge in [-0.05, 0) is 41.1 Å². The summed E-state index contributed by atoms with van der Waals surface area (Å²) < 4.78 is 0. The lowest BCUT2D eigenvalue weighted by Gasteiger charge is -2.10. The van der Waals surface area contributed by atoms with Crippen molar-refractivity contribution >= 4 is 34.1 Å². The van der Waals surface area contributed by atoms with Crippen molar-refractivity contribution in [3.05, 3.63) is 72.3 Å². The molecule has 1 amide bonds. The van der Waals surface area contributed by atoms with Crippen LogP contribution in [0.5, 0.6) is 0 Å². The highest BCUT2D eigenvalue weighted by Gasteiger charge is 2.07. The van der Waals surface area contributed by atoms with Crippen molar-refractivity contribution in [2.45, 2.75) is 17.7 Å². The second-order valence-electron chi connectivity index (χ2n) is 5.39. The number of carbonyl (C=O) groups excluding carboxylic acids is 1. The SMILES string of the molecule is CSc1ccccc1NC(=O)CCc1cccc2ccccc12. The molecule has 0 unspecified atom stereocenters. The van der Waals surface area contributed by atoms with E-state index in [-0.39, 0.29) is 5.91 Å². The van der Waals surface area contributed by atoms with Gasteiger partial charge in [-0.25, -0.2) is 0 Å². The van der Waals surface area contributed by atoms with Crippen LogP contribution in [0.4, 0.5) is 5.69 Å². The number of nitrogens with one attached hydrogen (secondary N) is 1. The molecule has 0 aliphatic rings. The highest BCUT2D eigenvalue weighted by Crippen LogP contribution is 2.25. The molecule has 3 heteroatoms. The van der Waals surface area contributed by atoms with E-state index >= 15 is 0 Å². The van der Waals surface area contributed by atoms with E-state index in [2.05, 4.69) is 35.6 Å². The number of fused-ring (bicyclic) bond motifs is 1. The quantitative estimate of drug-likeness (QED) is 0.660. The van der Waals surface area contributed by atoms with Gasteiger partial charge in [0.1, 0.15) is 0 Å². The van der Waals surface area contributed by atoms with Gasteiger partial charge in [-0.2, -0.15) is 0 Å². The van der Waals surface area contributed by atoms with Crippen molar-refractivity contribution in [3.63, 3.8) is 0 Å². The van der Waals surface area contributed by atoms with Crippen LogP contribution in [0.15, 0.2) is 71.6 Å². The highest BCUT2D eigenvalue weighted by atomic mass is 32.2. The van der Waals surface area contributed by atoms with Gasteiger partial charge >= 0.3 is 0 Å². The van der Waals surface area contributed by atoms with Crippen LogP contribution in [0.1, 0.15) is 12.0 Å². The topological polar surface area (TPSA) is 29.1 Å². The Labute approximate surface area is 140 Å². The van der Waals surface area contributed by atoms with E-state index in [1.807, 2.05) is 42.7 Å². The van der Waals surface area contributed by atoms with Crippen LogP contribution in [0, 0.1) is 0 Å².